The Kier molecular flexibility index (Phi) is 6.24. The summed E-state index contributed by atoms with van der Waals surface area (Å²) in [6.45, 7) is 1.19. The molecule has 1 unspecified atom stereocenters. The molecule has 0 aromatic rings. The van der Waals surface area contributed by atoms with Gasteiger partial charge in [0.25, 0.3) is 0 Å². The van der Waals surface area contributed by atoms with Crippen molar-refractivity contribution < 1.29 is 29.3 Å². The van der Waals surface area contributed by atoms with E-state index in [2.05, 4.69) is 0 Å². The molecule has 110 valence electrons. The number of hydrogen-bond acceptors (Lipinski definition) is 6. The van der Waals surface area contributed by atoms with E-state index in [0.29, 0.717) is 12.8 Å². The molecule has 6 nitrogen and oxygen atoms in total. The summed E-state index contributed by atoms with van der Waals surface area (Å²) in [5.74, 6) is -3.95. The van der Waals surface area contributed by atoms with Crippen molar-refractivity contribution in [3.63, 3.8) is 0 Å². The lowest BCUT2D eigenvalue weighted by molar-refractivity contribution is -0.358. The fourth-order valence-electron chi connectivity index (χ4n) is 1.87. The van der Waals surface area contributed by atoms with E-state index in [1.807, 2.05) is 0 Å². The van der Waals surface area contributed by atoms with Crippen LogP contribution in [0.2, 0.25) is 0 Å². The third kappa shape index (κ3) is 5.57. The number of ether oxygens (including phenoxy) is 2. The van der Waals surface area contributed by atoms with Crippen molar-refractivity contribution in [1.29, 1.82) is 0 Å². The Bertz CT molecular complexity index is 288. The van der Waals surface area contributed by atoms with E-state index in [4.69, 9.17) is 9.47 Å². The highest BCUT2D eigenvalue weighted by atomic mass is 16.8. The average Bonchev–Trinajstić information content (AvgIpc) is 2.32. The van der Waals surface area contributed by atoms with Gasteiger partial charge in [-0.3, -0.25) is 9.59 Å². The lowest BCUT2D eigenvalue weighted by Gasteiger charge is -2.29. The molecule has 0 amide bonds. The number of rotatable bonds is 1. The van der Waals surface area contributed by atoms with Crippen LogP contribution in [0.4, 0.5) is 0 Å². The highest BCUT2D eigenvalue weighted by molar-refractivity contribution is 5.71. The van der Waals surface area contributed by atoms with E-state index in [1.165, 1.54) is 6.92 Å². The zero-order chi connectivity index (χ0) is 14.3. The summed E-state index contributed by atoms with van der Waals surface area (Å²) in [6, 6.07) is 0. The van der Waals surface area contributed by atoms with Crippen molar-refractivity contribution >= 4 is 11.9 Å². The zero-order valence-electron chi connectivity index (χ0n) is 11.3. The molecule has 0 aliphatic carbocycles. The van der Waals surface area contributed by atoms with Gasteiger partial charge in [0.05, 0.1) is 0 Å². The van der Waals surface area contributed by atoms with Gasteiger partial charge in [-0.1, -0.05) is 25.7 Å². The summed E-state index contributed by atoms with van der Waals surface area (Å²) in [5.41, 5.74) is 0. The van der Waals surface area contributed by atoms with Crippen LogP contribution in [0.5, 0.6) is 0 Å². The van der Waals surface area contributed by atoms with Gasteiger partial charge >= 0.3 is 17.9 Å². The second-order valence-electron chi connectivity index (χ2n) is 4.88. The first-order valence-electron chi connectivity index (χ1n) is 6.78. The molecule has 1 aliphatic rings. The fraction of sp³-hybridized carbons (Fsp3) is 0.846. The first-order valence-corrected chi connectivity index (χ1v) is 6.78. The molecule has 0 spiro atoms. The van der Waals surface area contributed by atoms with Crippen molar-refractivity contribution in [3.8, 4) is 0 Å². The number of aliphatic hydroxyl groups excluding tert-OH is 1. The van der Waals surface area contributed by atoms with Gasteiger partial charge < -0.3 is 19.7 Å². The van der Waals surface area contributed by atoms with Crippen LogP contribution in [0, 0.1) is 0 Å². The predicted molar refractivity (Wildman–Crippen MR) is 65.8 cm³/mol. The number of hydrogen-bond donors (Lipinski definition) is 2. The van der Waals surface area contributed by atoms with Crippen LogP contribution in [0.25, 0.3) is 0 Å². The van der Waals surface area contributed by atoms with Crippen LogP contribution in [0.3, 0.4) is 0 Å². The van der Waals surface area contributed by atoms with Crippen LogP contribution in [-0.2, 0) is 19.1 Å². The molecule has 0 aromatic heterocycles. The molecule has 1 rings (SSSR count). The van der Waals surface area contributed by atoms with Crippen molar-refractivity contribution in [2.45, 2.75) is 70.4 Å². The Hall–Kier alpha value is -1.14. The fourth-order valence-corrected chi connectivity index (χ4v) is 1.87. The second-order valence-corrected chi connectivity index (χ2v) is 4.88. The molecule has 1 aliphatic heterocycles. The lowest BCUT2D eigenvalue weighted by atomic mass is 10.1. The van der Waals surface area contributed by atoms with E-state index in [1.54, 1.807) is 0 Å². The monoisotopic (exact) mass is 274 g/mol. The molecule has 19 heavy (non-hydrogen) atoms. The smallest absolute Gasteiger partial charge is 0.396 e. The molecular formula is C13H22O6. The van der Waals surface area contributed by atoms with Gasteiger partial charge in [-0.25, -0.2) is 0 Å². The molecule has 1 saturated heterocycles. The third-order valence-electron chi connectivity index (χ3n) is 3.06. The maximum Gasteiger partial charge on any atom is 0.400 e. The lowest BCUT2D eigenvalue weighted by Crippen LogP contribution is -2.48. The number of aliphatic hydroxyl groups is 2. The number of cyclic esters (lactones) is 2. The van der Waals surface area contributed by atoms with Crippen LogP contribution in [0.15, 0.2) is 0 Å². The van der Waals surface area contributed by atoms with E-state index in [0.717, 1.165) is 25.7 Å². The number of carbonyl (C=O) groups excluding carboxylic acids is 2. The quantitative estimate of drug-likeness (QED) is 0.699. The van der Waals surface area contributed by atoms with Gasteiger partial charge in [-0.2, -0.15) is 0 Å². The normalized spacial score (nSPS) is 24.2. The van der Waals surface area contributed by atoms with Crippen molar-refractivity contribution in [3.05, 3.63) is 0 Å². The van der Waals surface area contributed by atoms with Crippen molar-refractivity contribution in [2.24, 2.45) is 0 Å². The molecule has 0 radical (unpaired) electrons. The van der Waals surface area contributed by atoms with Gasteiger partial charge in [0.2, 0.25) is 0 Å². The zero-order valence-corrected chi connectivity index (χ0v) is 11.3. The SMILES string of the molecule is CC(O)C1(O)OC(=O)CCCCCCCCC(=O)O1. The number of esters is 2. The topological polar surface area (TPSA) is 93.1 Å². The van der Waals surface area contributed by atoms with Crippen LogP contribution >= 0.6 is 0 Å². The summed E-state index contributed by atoms with van der Waals surface area (Å²) >= 11 is 0. The maximum absolute atomic E-state index is 11.5. The molecular weight excluding hydrogens is 252 g/mol. The number of carbonyl (C=O) groups is 2. The molecule has 1 atom stereocenters. The summed E-state index contributed by atoms with van der Waals surface area (Å²) < 4.78 is 9.41. The van der Waals surface area contributed by atoms with Gasteiger partial charge in [-0.05, 0) is 19.8 Å². The largest absolute Gasteiger partial charge is 0.400 e. The standard InChI is InChI=1S/C13H22O6/c1-10(14)13(17)18-11(15)8-6-4-2-3-5-7-9-12(16)19-13/h10,14,17H,2-9H2,1H3. The minimum absolute atomic E-state index is 0.132. The molecule has 0 aromatic carbocycles. The van der Waals surface area contributed by atoms with Gasteiger partial charge in [-0.15, -0.1) is 0 Å². The van der Waals surface area contributed by atoms with E-state index in [9.17, 15) is 19.8 Å². The summed E-state index contributed by atoms with van der Waals surface area (Å²) in [5, 5.41) is 19.3. The average molecular weight is 274 g/mol. The summed E-state index contributed by atoms with van der Waals surface area (Å²) in [7, 11) is 0. The summed E-state index contributed by atoms with van der Waals surface area (Å²) in [4.78, 5) is 23.1. The molecule has 1 fully saturated rings. The van der Waals surface area contributed by atoms with Gasteiger partial charge in [0.1, 0.15) is 0 Å². The van der Waals surface area contributed by atoms with Crippen LogP contribution < -0.4 is 0 Å². The second kappa shape index (κ2) is 7.45. The first kappa shape index (κ1) is 15.9. The van der Waals surface area contributed by atoms with Crippen molar-refractivity contribution in [1.82, 2.24) is 0 Å². The van der Waals surface area contributed by atoms with Crippen molar-refractivity contribution in [2.75, 3.05) is 0 Å². The third-order valence-corrected chi connectivity index (χ3v) is 3.06. The Morgan fingerprint density at radius 1 is 0.947 bits per heavy atom. The predicted octanol–water partition coefficient (Wildman–Crippen LogP) is 1.23. The Labute approximate surface area is 112 Å². The summed E-state index contributed by atoms with van der Waals surface area (Å²) in [6.07, 6.45) is 3.87. The Morgan fingerprint density at radius 3 is 1.68 bits per heavy atom. The van der Waals surface area contributed by atoms with Gasteiger partial charge in [0, 0.05) is 12.8 Å². The van der Waals surface area contributed by atoms with E-state index < -0.39 is 24.0 Å². The van der Waals surface area contributed by atoms with E-state index in [-0.39, 0.29) is 12.8 Å². The first-order chi connectivity index (χ1) is 8.94. The van der Waals surface area contributed by atoms with Crippen LogP contribution in [-0.4, -0.2) is 34.2 Å². The van der Waals surface area contributed by atoms with Crippen LogP contribution in [0.1, 0.15) is 58.3 Å². The Balaban J connectivity index is 2.71. The minimum Gasteiger partial charge on any atom is -0.396 e. The highest BCUT2D eigenvalue weighted by Crippen LogP contribution is 2.20. The Morgan fingerprint density at radius 2 is 1.32 bits per heavy atom. The van der Waals surface area contributed by atoms with Gasteiger partial charge in [0.15, 0.2) is 6.10 Å². The minimum atomic E-state index is -2.58. The molecule has 1 heterocycles. The molecule has 2 N–H and O–H groups in total. The molecule has 0 bridgehead atoms. The van der Waals surface area contributed by atoms with E-state index >= 15 is 0 Å². The molecule has 6 heteroatoms. The highest BCUT2D eigenvalue weighted by Gasteiger charge is 2.42. The molecule has 0 saturated carbocycles. The maximum atomic E-state index is 11.5.